The molecule has 27 heavy (non-hydrogen) atoms. The highest BCUT2D eigenvalue weighted by molar-refractivity contribution is 6.04. The van der Waals surface area contributed by atoms with Crippen LogP contribution in [0.5, 0.6) is 17.2 Å². The summed E-state index contributed by atoms with van der Waals surface area (Å²) in [7, 11) is 1.55. The standard InChI is InChI=1S/C20H24N2O5/c1-4-21-19(23)13-27-16-8-6-7-15(12-16)22-20(24)14-9-10-17(25-3)18(11-14)26-5-2/h6-12H,4-5,13H2,1-3H3,(H,21,23)(H,22,24). The van der Waals surface area contributed by atoms with Gasteiger partial charge in [0.05, 0.1) is 13.7 Å². The molecular weight excluding hydrogens is 348 g/mol. The van der Waals surface area contributed by atoms with Gasteiger partial charge in [-0.2, -0.15) is 0 Å². The lowest BCUT2D eigenvalue weighted by Gasteiger charge is -2.12. The quantitative estimate of drug-likeness (QED) is 0.707. The van der Waals surface area contributed by atoms with Crippen molar-refractivity contribution in [2.75, 3.05) is 32.2 Å². The molecule has 0 atom stereocenters. The average molecular weight is 372 g/mol. The lowest BCUT2D eigenvalue weighted by atomic mass is 10.1. The van der Waals surface area contributed by atoms with Gasteiger partial charge in [-0.25, -0.2) is 0 Å². The molecule has 2 aromatic carbocycles. The summed E-state index contributed by atoms with van der Waals surface area (Å²) in [5, 5.41) is 5.46. The second-order valence-electron chi connectivity index (χ2n) is 5.52. The normalized spacial score (nSPS) is 10.0. The molecule has 2 N–H and O–H groups in total. The Balaban J connectivity index is 2.06. The van der Waals surface area contributed by atoms with Crippen LogP contribution in [0.3, 0.4) is 0 Å². The van der Waals surface area contributed by atoms with Crippen LogP contribution in [-0.4, -0.2) is 38.7 Å². The lowest BCUT2D eigenvalue weighted by Crippen LogP contribution is -2.28. The fourth-order valence-electron chi connectivity index (χ4n) is 2.35. The third-order valence-corrected chi connectivity index (χ3v) is 3.56. The molecule has 0 unspecified atom stereocenters. The highest BCUT2D eigenvalue weighted by Gasteiger charge is 2.12. The van der Waals surface area contributed by atoms with Gasteiger partial charge in [-0.15, -0.1) is 0 Å². The molecule has 0 spiro atoms. The number of methoxy groups -OCH3 is 1. The molecule has 0 aromatic heterocycles. The molecule has 7 nitrogen and oxygen atoms in total. The molecule has 0 radical (unpaired) electrons. The van der Waals surface area contributed by atoms with Crippen molar-refractivity contribution in [3.8, 4) is 17.2 Å². The van der Waals surface area contributed by atoms with Crippen LogP contribution in [0, 0.1) is 0 Å². The Morgan fingerprint density at radius 2 is 1.81 bits per heavy atom. The summed E-state index contributed by atoms with van der Waals surface area (Å²) < 4.78 is 16.2. The summed E-state index contributed by atoms with van der Waals surface area (Å²) in [6, 6.07) is 11.8. The number of nitrogens with one attached hydrogen (secondary N) is 2. The number of anilines is 1. The number of likely N-dealkylation sites (N-methyl/N-ethyl adjacent to an activating group) is 1. The molecule has 144 valence electrons. The summed E-state index contributed by atoms with van der Waals surface area (Å²) in [6.07, 6.45) is 0. The van der Waals surface area contributed by atoms with Crippen molar-refractivity contribution in [2.45, 2.75) is 13.8 Å². The average Bonchev–Trinajstić information content (AvgIpc) is 2.67. The Hall–Kier alpha value is -3.22. The van der Waals surface area contributed by atoms with E-state index in [0.29, 0.717) is 41.7 Å². The van der Waals surface area contributed by atoms with Gasteiger partial charge in [-0.1, -0.05) is 6.07 Å². The minimum Gasteiger partial charge on any atom is -0.493 e. The van der Waals surface area contributed by atoms with Crippen molar-refractivity contribution in [1.82, 2.24) is 5.32 Å². The smallest absolute Gasteiger partial charge is 0.257 e. The maximum Gasteiger partial charge on any atom is 0.257 e. The van der Waals surface area contributed by atoms with Gasteiger partial charge in [0.1, 0.15) is 5.75 Å². The molecule has 0 saturated heterocycles. The highest BCUT2D eigenvalue weighted by Crippen LogP contribution is 2.28. The van der Waals surface area contributed by atoms with E-state index in [1.54, 1.807) is 49.6 Å². The second-order valence-corrected chi connectivity index (χ2v) is 5.52. The van der Waals surface area contributed by atoms with Gasteiger partial charge in [0.2, 0.25) is 0 Å². The van der Waals surface area contributed by atoms with Crippen LogP contribution < -0.4 is 24.8 Å². The fourth-order valence-corrected chi connectivity index (χ4v) is 2.35. The first-order valence-corrected chi connectivity index (χ1v) is 8.69. The first-order valence-electron chi connectivity index (χ1n) is 8.69. The number of hydrogen-bond acceptors (Lipinski definition) is 5. The van der Waals surface area contributed by atoms with E-state index in [1.807, 2.05) is 13.8 Å². The van der Waals surface area contributed by atoms with Crippen LogP contribution >= 0.6 is 0 Å². The zero-order chi connectivity index (χ0) is 19.6. The third-order valence-electron chi connectivity index (χ3n) is 3.56. The highest BCUT2D eigenvalue weighted by atomic mass is 16.5. The number of carbonyl (C=O) groups excluding carboxylic acids is 2. The summed E-state index contributed by atoms with van der Waals surface area (Å²) in [4.78, 5) is 24.0. The first-order chi connectivity index (χ1) is 13.1. The van der Waals surface area contributed by atoms with Crippen LogP contribution in [0.15, 0.2) is 42.5 Å². The Labute approximate surface area is 158 Å². The molecule has 2 aromatic rings. The Morgan fingerprint density at radius 1 is 1.00 bits per heavy atom. The maximum atomic E-state index is 12.5. The molecule has 2 rings (SSSR count). The van der Waals surface area contributed by atoms with Crippen molar-refractivity contribution in [2.24, 2.45) is 0 Å². The van der Waals surface area contributed by atoms with Crippen LogP contribution in [0.1, 0.15) is 24.2 Å². The molecule has 7 heteroatoms. The van der Waals surface area contributed by atoms with Crippen LogP contribution in [0.4, 0.5) is 5.69 Å². The number of hydrogen-bond donors (Lipinski definition) is 2. The van der Waals surface area contributed by atoms with Gasteiger partial charge in [0, 0.05) is 23.9 Å². The molecule has 2 amide bonds. The van der Waals surface area contributed by atoms with Crippen LogP contribution in [0.2, 0.25) is 0 Å². The number of amides is 2. The second kappa shape index (κ2) is 10.1. The van der Waals surface area contributed by atoms with Gasteiger partial charge in [-0.3, -0.25) is 9.59 Å². The lowest BCUT2D eigenvalue weighted by molar-refractivity contribution is -0.122. The summed E-state index contributed by atoms with van der Waals surface area (Å²) in [5.41, 5.74) is 0.995. The zero-order valence-electron chi connectivity index (χ0n) is 15.7. The Bertz CT molecular complexity index is 792. The van der Waals surface area contributed by atoms with Crippen molar-refractivity contribution < 1.29 is 23.8 Å². The molecule has 0 aliphatic carbocycles. The predicted molar refractivity (Wildman–Crippen MR) is 103 cm³/mol. The van der Waals surface area contributed by atoms with Gasteiger partial charge < -0.3 is 24.8 Å². The van der Waals surface area contributed by atoms with E-state index in [9.17, 15) is 9.59 Å². The third kappa shape index (κ3) is 5.91. The van der Waals surface area contributed by atoms with Gasteiger partial charge in [-0.05, 0) is 44.2 Å². The fraction of sp³-hybridized carbons (Fsp3) is 0.300. The minimum absolute atomic E-state index is 0.0819. The molecule has 0 heterocycles. The number of ether oxygens (including phenoxy) is 3. The maximum absolute atomic E-state index is 12.5. The van der Waals surface area contributed by atoms with E-state index < -0.39 is 0 Å². The number of carbonyl (C=O) groups is 2. The van der Waals surface area contributed by atoms with E-state index >= 15 is 0 Å². The molecular formula is C20H24N2O5. The SMILES string of the molecule is CCNC(=O)COc1cccc(NC(=O)c2ccc(OC)c(OCC)c2)c1. The minimum atomic E-state index is -0.292. The summed E-state index contributed by atoms with van der Waals surface area (Å²) in [5.74, 6) is 1.07. The van der Waals surface area contributed by atoms with Gasteiger partial charge >= 0.3 is 0 Å². The summed E-state index contributed by atoms with van der Waals surface area (Å²) in [6.45, 7) is 4.63. The van der Waals surface area contributed by atoms with E-state index in [2.05, 4.69) is 10.6 Å². The van der Waals surface area contributed by atoms with Gasteiger partial charge in [0.15, 0.2) is 18.1 Å². The first kappa shape index (κ1) is 20.1. The molecule has 0 aliphatic heterocycles. The summed E-state index contributed by atoms with van der Waals surface area (Å²) >= 11 is 0. The van der Waals surface area contributed by atoms with Crippen molar-refractivity contribution in [1.29, 1.82) is 0 Å². The monoisotopic (exact) mass is 372 g/mol. The Kier molecular flexibility index (Phi) is 7.49. The number of benzene rings is 2. The van der Waals surface area contributed by atoms with Crippen molar-refractivity contribution >= 4 is 17.5 Å². The van der Waals surface area contributed by atoms with E-state index in [4.69, 9.17) is 14.2 Å². The Morgan fingerprint density at radius 3 is 2.52 bits per heavy atom. The van der Waals surface area contributed by atoms with Crippen molar-refractivity contribution in [3.05, 3.63) is 48.0 Å². The molecule has 0 saturated carbocycles. The molecule has 0 fully saturated rings. The topological polar surface area (TPSA) is 85.9 Å². The number of rotatable bonds is 9. The van der Waals surface area contributed by atoms with E-state index in [-0.39, 0.29) is 18.4 Å². The van der Waals surface area contributed by atoms with Crippen LogP contribution in [0.25, 0.3) is 0 Å². The van der Waals surface area contributed by atoms with Gasteiger partial charge in [0.25, 0.3) is 11.8 Å². The predicted octanol–water partition coefficient (Wildman–Crippen LogP) is 2.86. The molecule has 0 bridgehead atoms. The van der Waals surface area contributed by atoms with E-state index in [1.165, 1.54) is 0 Å². The van der Waals surface area contributed by atoms with E-state index in [0.717, 1.165) is 0 Å². The van der Waals surface area contributed by atoms with Crippen molar-refractivity contribution in [3.63, 3.8) is 0 Å². The zero-order valence-corrected chi connectivity index (χ0v) is 15.7. The van der Waals surface area contributed by atoms with Crippen LogP contribution in [-0.2, 0) is 4.79 Å². The molecule has 0 aliphatic rings. The largest absolute Gasteiger partial charge is 0.493 e.